The van der Waals surface area contributed by atoms with Gasteiger partial charge < -0.3 is 9.52 Å². The SMILES string of the molecule is Cc1nn([C@@H]2CCS(=O)(=O)C2)c2nc(C(=O)O)cc(-c3ccco3)c12. The lowest BCUT2D eigenvalue weighted by Gasteiger charge is -2.10. The summed E-state index contributed by atoms with van der Waals surface area (Å²) in [4.78, 5) is 15.7. The molecule has 0 radical (unpaired) electrons. The Hall–Kier alpha value is -2.68. The van der Waals surface area contributed by atoms with Gasteiger partial charge in [0.15, 0.2) is 21.2 Å². The van der Waals surface area contributed by atoms with Gasteiger partial charge in [-0.15, -0.1) is 0 Å². The van der Waals surface area contributed by atoms with E-state index in [1.54, 1.807) is 23.7 Å². The summed E-state index contributed by atoms with van der Waals surface area (Å²) >= 11 is 0. The molecular weight excluding hydrogens is 346 g/mol. The highest BCUT2D eigenvalue weighted by Gasteiger charge is 2.32. The van der Waals surface area contributed by atoms with Crippen molar-refractivity contribution in [2.75, 3.05) is 11.5 Å². The van der Waals surface area contributed by atoms with Gasteiger partial charge in [-0.3, -0.25) is 0 Å². The largest absolute Gasteiger partial charge is 0.477 e. The number of aromatic carboxylic acids is 1. The number of furan rings is 1. The van der Waals surface area contributed by atoms with Crippen LogP contribution >= 0.6 is 0 Å². The Labute approximate surface area is 143 Å². The molecule has 1 fully saturated rings. The van der Waals surface area contributed by atoms with Gasteiger partial charge in [-0.25, -0.2) is 22.9 Å². The van der Waals surface area contributed by atoms with Crippen LogP contribution in [-0.2, 0) is 9.84 Å². The first-order chi connectivity index (χ1) is 11.9. The summed E-state index contributed by atoms with van der Waals surface area (Å²) in [6.45, 7) is 1.79. The van der Waals surface area contributed by atoms with Gasteiger partial charge in [-0.05, 0) is 31.5 Å². The van der Waals surface area contributed by atoms with E-state index in [2.05, 4.69) is 10.1 Å². The number of sulfone groups is 1. The fraction of sp³-hybridized carbons (Fsp3) is 0.312. The normalized spacial score (nSPS) is 19.5. The number of pyridine rings is 1. The van der Waals surface area contributed by atoms with Gasteiger partial charge in [0, 0.05) is 5.56 Å². The number of aromatic nitrogens is 3. The van der Waals surface area contributed by atoms with Crippen molar-refractivity contribution in [2.45, 2.75) is 19.4 Å². The topological polar surface area (TPSA) is 115 Å². The average molecular weight is 361 g/mol. The van der Waals surface area contributed by atoms with Gasteiger partial charge in [0.1, 0.15) is 5.76 Å². The van der Waals surface area contributed by atoms with Gasteiger partial charge in [0.05, 0.1) is 34.9 Å². The van der Waals surface area contributed by atoms with Crippen LogP contribution in [0, 0.1) is 6.92 Å². The zero-order chi connectivity index (χ0) is 17.8. The lowest BCUT2D eigenvalue weighted by molar-refractivity contribution is 0.0691. The highest BCUT2D eigenvalue weighted by Crippen LogP contribution is 2.34. The maximum atomic E-state index is 11.8. The number of hydrogen-bond acceptors (Lipinski definition) is 6. The van der Waals surface area contributed by atoms with E-state index in [1.165, 1.54) is 12.3 Å². The van der Waals surface area contributed by atoms with E-state index >= 15 is 0 Å². The molecular formula is C16H15N3O5S. The van der Waals surface area contributed by atoms with Gasteiger partial charge in [-0.1, -0.05) is 0 Å². The molecule has 130 valence electrons. The summed E-state index contributed by atoms with van der Waals surface area (Å²) in [6.07, 6.45) is 1.94. The van der Waals surface area contributed by atoms with Crippen molar-refractivity contribution in [3.8, 4) is 11.3 Å². The Balaban J connectivity index is 1.99. The minimum atomic E-state index is -3.11. The monoisotopic (exact) mass is 361 g/mol. The van der Waals surface area contributed by atoms with Crippen molar-refractivity contribution < 1.29 is 22.7 Å². The molecule has 1 saturated heterocycles. The first-order valence-corrected chi connectivity index (χ1v) is 9.55. The molecule has 9 heteroatoms. The van der Waals surface area contributed by atoms with Gasteiger partial charge in [0.25, 0.3) is 0 Å². The summed E-state index contributed by atoms with van der Waals surface area (Å²) in [5, 5.41) is 14.5. The first kappa shape index (κ1) is 15.8. The highest BCUT2D eigenvalue weighted by molar-refractivity contribution is 7.91. The van der Waals surface area contributed by atoms with Crippen LogP contribution in [0.25, 0.3) is 22.4 Å². The lowest BCUT2D eigenvalue weighted by Crippen LogP contribution is -2.14. The molecule has 8 nitrogen and oxygen atoms in total. The summed E-state index contributed by atoms with van der Waals surface area (Å²) in [6, 6.07) is 4.55. The third-order valence-corrected chi connectivity index (χ3v) is 6.15. The standard InChI is InChI=1S/C16H15N3O5S/c1-9-14-11(13-3-2-5-24-13)7-12(16(20)21)17-15(14)19(18-9)10-4-6-25(22,23)8-10/h2-3,5,7,10H,4,6,8H2,1H3,(H,20,21)/t10-/m1/s1. The second kappa shape index (κ2) is 5.41. The quantitative estimate of drug-likeness (QED) is 0.759. The van der Waals surface area contributed by atoms with E-state index in [0.29, 0.717) is 34.5 Å². The van der Waals surface area contributed by atoms with Gasteiger partial charge in [0.2, 0.25) is 0 Å². The minimum Gasteiger partial charge on any atom is -0.477 e. The first-order valence-electron chi connectivity index (χ1n) is 7.73. The number of carboxylic acid groups (broad SMARTS) is 1. The van der Waals surface area contributed by atoms with Crippen LogP contribution < -0.4 is 0 Å². The molecule has 1 aliphatic rings. The highest BCUT2D eigenvalue weighted by atomic mass is 32.2. The number of carboxylic acids is 1. The molecule has 0 amide bonds. The molecule has 0 saturated carbocycles. The van der Waals surface area contributed by atoms with E-state index in [4.69, 9.17) is 4.42 Å². The van der Waals surface area contributed by atoms with Crippen LogP contribution in [0.5, 0.6) is 0 Å². The number of nitrogens with zero attached hydrogens (tertiary/aromatic N) is 3. The number of fused-ring (bicyclic) bond motifs is 1. The van der Waals surface area contributed by atoms with Crippen molar-refractivity contribution in [1.29, 1.82) is 0 Å². The Morgan fingerprint density at radius 3 is 2.84 bits per heavy atom. The lowest BCUT2D eigenvalue weighted by atomic mass is 10.1. The number of hydrogen-bond donors (Lipinski definition) is 1. The Bertz CT molecular complexity index is 1080. The van der Waals surface area contributed by atoms with Crippen LogP contribution in [0.15, 0.2) is 28.9 Å². The fourth-order valence-electron chi connectivity index (χ4n) is 3.27. The van der Waals surface area contributed by atoms with Crippen LogP contribution in [0.1, 0.15) is 28.6 Å². The second-order valence-corrected chi connectivity index (χ2v) is 8.35. The molecule has 0 spiro atoms. The van der Waals surface area contributed by atoms with E-state index in [0.717, 1.165) is 0 Å². The van der Waals surface area contributed by atoms with Crippen molar-refractivity contribution in [3.63, 3.8) is 0 Å². The Kier molecular flexibility index (Phi) is 3.43. The molecule has 0 aromatic carbocycles. The summed E-state index contributed by atoms with van der Waals surface area (Å²) < 4.78 is 30.6. The molecule has 1 aliphatic heterocycles. The van der Waals surface area contributed by atoms with Gasteiger partial charge in [-0.2, -0.15) is 5.10 Å². The van der Waals surface area contributed by atoms with E-state index < -0.39 is 15.8 Å². The number of rotatable bonds is 3. The minimum absolute atomic E-state index is 0.0156. The van der Waals surface area contributed by atoms with Crippen LogP contribution in [-0.4, -0.2) is 45.8 Å². The maximum absolute atomic E-state index is 11.8. The summed E-state index contributed by atoms with van der Waals surface area (Å²) in [5.74, 6) is -0.573. The van der Waals surface area contributed by atoms with Crippen LogP contribution in [0.2, 0.25) is 0 Å². The molecule has 0 unspecified atom stereocenters. The van der Waals surface area contributed by atoms with Crippen molar-refractivity contribution >= 4 is 26.8 Å². The maximum Gasteiger partial charge on any atom is 0.354 e. The third-order valence-electron chi connectivity index (χ3n) is 4.40. The predicted molar refractivity (Wildman–Crippen MR) is 89.2 cm³/mol. The molecule has 4 heterocycles. The second-order valence-electron chi connectivity index (χ2n) is 6.12. The Morgan fingerprint density at radius 2 is 2.24 bits per heavy atom. The molecule has 25 heavy (non-hydrogen) atoms. The molecule has 1 N–H and O–H groups in total. The van der Waals surface area contributed by atoms with E-state index in [-0.39, 0.29) is 23.2 Å². The fourth-order valence-corrected chi connectivity index (χ4v) is 4.96. The van der Waals surface area contributed by atoms with E-state index in [9.17, 15) is 18.3 Å². The summed E-state index contributed by atoms with van der Waals surface area (Å²) in [7, 11) is -3.11. The number of carbonyl (C=O) groups is 1. The average Bonchev–Trinajstić information content (AvgIpc) is 3.26. The van der Waals surface area contributed by atoms with Crippen LogP contribution in [0.4, 0.5) is 0 Å². The van der Waals surface area contributed by atoms with Gasteiger partial charge >= 0.3 is 5.97 Å². The Morgan fingerprint density at radius 1 is 1.44 bits per heavy atom. The van der Waals surface area contributed by atoms with Crippen molar-refractivity contribution in [3.05, 3.63) is 35.9 Å². The molecule has 4 rings (SSSR count). The predicted octanol–water partition coefficient (Wildman–Crippen LogP) is 2.06. The van der Waals surface area contributed by atoms with Crippen molar-refractivity contribution in [1.82, 2.24) is 14.8 Å². The van der Waals surface area contributed by atoms with E-state index in [1.807, 2.05) is 0 Å². The zero-order valence-electron chi connectivity index (χ0n) is 13.3. The molecule has 3 aromatic rings. The molecule has 3 aromatic heterocycles. The van der Waals surface area contributed by atoms with Crippen molar-refractivity contribution in [2.24, 2.45) is 0 Å². The zero-order valence-corrected chi connectivity index (χ0v) is 14.2. The number of aryl methyl sites for hydroxylation is 1. The molecule has 1 atom stereocenters. The smallest absolute Gasteiger partial charge is 0.354 e. The molecule has 0 bridgehead atoms. The third kappa shape index (κ3) is 2.60. The van der Waals surface area contributed by atoms with Crippen LogP contribution in [0.3, 0.4) is 0 Å². The summed E-state index contributed by atoms with van der Waals surface area (Å²) in [5.41, 5.74) is 1.46. The molecule has 0 aliphatic carbocycles.